The number of piperidine rings is 1. The van der Waals surface area contributed by atoms with E-state index < -0.39 is 29.8 Å². The molecular formula is C40H48N8O6. The fourth-order valence-corrected chi connectivity index (χ4v) is 8.27. The number of rotatable bonds is 9. The van der Waals surface area contributed by atoms with Gasteiger partial charge in [0.1, 0.15) is 23.7 Å². The van der Waals surface area contributed by atoms with Crippen molar-refractivity contribution in [1.29, 1.82) is 0 Å². The third kappa shape index (κ3) is 6.92. The number of hydrogen-bond donors (Lipinski definition) is 4. The van der Waals surface area contributed by atoms with Crippen molar-refractivity contribution in [2.24, 2.45) is 5.92 Å². The van der Waals surface area contributed by atoms with Gasteiger partial charge in [0.2, 0.25) is 11.8 Å². The third-order valence-electron chi connectivity index (χ3n) is 11.3. The molecule has 3 aliphatic heterocycles. The Labute approximate surface area is 314 Å². The summed E-state index contributed by atoms with van der Waals surface area (Å²) in [6, 6.07) is 15.2. The highest BCUT2D eigenvalue weighted by Gasteiger charge is 2.47. The number of benzene rings is 2. The van der Waals surface area contributed by atoms with E-state index >= 15 is 0 Å². The van der Waals surface area contributed by atoms with Gasteiger partial charge >= 0.3 is 12.2 Å². The normalized spacial score (nSPS) is 22.9. The molecule has 0 bridgehead atoms. The molecule has 284 valence electrons. The van der Waals surface area contributed by atoms with Crippen LogP contribution in [0, 0.1) is 5.92 Å². The van der Waals surface area contributed by atoms with Crippen LogP contribution in [0.2, 0.25) is 0 Å². The first-order valence-electron chi connectivity index (χ1n) is 18.6. The van der Waals surface area contributed by atoms with E-state index in [9.17, 15) is 19.2 Å². The van der Waals surface area contributed by atoms with Crippen LogP contribution in [-0.4, -0.2) is 92.6 Å². The number of nitrogens with zero attached hydrogens (tertiary/aromatic N) is 4. The maximum absolute atomic E-state index is 13.7. The standard InChI is InChI=1S/C40H48N8O6/c1-23(2)33(46-39(52)54-5)36(50)47-20-6-19-40(47,3)37-42-22-31(44-37)27-13-9-25(10-14-27)24-7-11-26(12-8-24)30-21-41-34(43-30)32-18-16-28-15-17-29(35(49)48(28)32)45-38(51)53-4/h7-14,21-23,28-29,32-33H,6,15-20H2,1-5H3,(H,41,43)(H,42,44)(H,45,51)(H,46,52). The SMILES string of the molecule is COC(=O)NC1CCC2CCC(c3ncc(-c4ccc(-c5ccc(-c6cnc(C7(C)CCCN7C(=O)C(NC(=O)OC)C(C)C)[nH]6)cc5)cc4)[nH]3)N2C1=O. The van der Waals surface area contributed by atoms with Crippen molar-refractivity contribution in [3.8, 4) is 33.6 Å². The van der Waals surface area contributed by atoms with Crippen molar-refractivity contribution in [1.82, 2.24) is 40.4 Å². The average molecular weight is 737 g/mol. The number of imidazole rings is 2. The lowest BCUT2D eigenvalue weighted by molar-refractivity contribution is -0.140. The molecule has 14 nitrogen and oxygen atoms in total. The Kier molecular flexibility index (Phi) is 10.2. The molecule has 0 saturated carbocycles. The van der Waals surface area contributed by atoms with E-state index in [1.54, 1.807) is 6.20 Å². The Balaban J connectivity index is 1.02. The van der Waals surface area contributed by atoms with E-state index in [2.05, 4.69) is 74.1 Å². The van der Waals surface area contributed by atoms with Gasteiger partial charge in [-0.05, 0) is 73.6 Å². The van der Waals surface area contributed by atoms with E-state index in [0.717, 1.165) is 71.6 Å². The smallest absolute Gasteiger partial charge is 0.407 e. The zero-order valence-electron chi connectivity index (χ0n) is 31.3. The number of H-pyrrole nitrogens is 2. The Hall–Kier alpha value is -5.66. The summed E-state index contributed by atoms with van der Waals surface area (Å²) in [7, 11) is 2.59. The van der Waals surface area contributed by atoms with Gasteiger partial charge in [-0.3, -0.25) is 9.59 Å². The number of likely N-dealkylation sites (tertiary alicyclic amines) is 1. The van der Waals surface area contributed by atoms with E-state index in [1.165, 1.54) is 14.2 Å². The molecule has 54 heavy (non-hydrogen) atoms. The zero-order valence-corrected chi connectivity index (χ0v) is 31.3. The minimum absolute atomic E-state index is 0.0895. The molecule has 4 N–H and O–H groups in total. The fourth-order valence-electron chi connectivity index (χ4n) is 8.27. The van der Waals surface area contributed by atoms with Gasteiger partial charge in [0.05, 0.1) is 49.6 Å². The molecule has 14 heteroatoms. The highest BCUT2D eigenvalue weighted by molar-refractivity contribution is 5.88. The number of nitrogens with one attached hydrogen (secondary N) is 4. The van der Waals surface area contributed by atoms with Crippen LogP contribution in [0.1, 0.15) is 77.0 Å². The van der Waals surface area contributed by atoms with Gasteiger partial charge in [-0.15, -0.1) is 0 Å². The first-order chi connectivity index (χ1) is 26.0. The maximum atomic E-state index is 13.7. The van der Waals surface area contributed by atoms with Crippen molar-refractivity contribution in [3.63, 3.8) is 0 Å². The van der Waals surface area contributed by atoms with Crippen molar-refractivity contribution in [2.75, 3.05) is 20.8 Å². The summed E-state index contributed by atoms with van der Waals surface area (Å²) in [5.74, 6) is 1.10. The summed E-state index contributed by atoms with van der Waals surface area (Å²) in [5.41, 5.74) is 5.15. The Morgan fingerprint density at radius 2 is 1.43 bits per heavy atom. The second kappa shape index (κ2) is 15.0. The molecule has 0 aliphatic carbocycles. The molecular weight excluding hydrogens is 688 g/mol. The number of carbonyl (C=O) groups is 4. The number of methoxy groups -OCH3 is 2. The second-order valence-electron chi connectivity index (χ2n) is 15.0. The first kappa shape index (κ1) is 36.7. The lowest BCUT2D eigenvalue weighted by atomic mass is 9.95. The number of hydrogen-bond acceptors (Lipinski definition) is 8. The van der Waals surface area contributed by atoms with Gasteiger partial charge < -0.3 is 39.9 Å². The largest absolute Gasteiger partial charge is 0.453 e. The molecule has 2 aromatic heterocycles. The van der Waals surface area contributed by atoms with E-state index in [4.69, 9.17) is 14.5 Å². The third-order valence-corrected chi connectivity index (χ3v) is 11.3. The van der Waals surface area contributed by atoms with Gasteiger partial charge in [-0.25, -0.2) is 19.6 Å². The lowest BCUT2D eigenvalue weighted by Gasteiger charge is -2.37. The Morgan fingerprint density at radius 3 is 2.06 bits per heavy atom. The van der Waals surface area contributed by atoms with Crippen LogP contribution >= 0.6 is 0 Å². The van der Waals surface area contributed by atoms with Crippen LogP contribution in [0.25, 0.3) is 33.6 Å². The Bertz CT molecular complexity index is 2010. The van der Waals surface area contributed by atoms with Gasteiger partial charge in [0.15, 0.2) is 0 Å². The first-order valence-corrected chi connectivity index (χ1v) is 18.6. The summed E-state index contributed by atoms with van der Waals surface area (Å²) >= 11 is 0. The molecule has 5 unspecified atom stereocenters. The number of fused-ring (bicyclic) bond motifs is 1. The van der Waals surface area contributed by atoms with Crippen LogP contribution in [-0.2, 0) is 24.6 Å². The summed E-state index contributed by atoms with van der Waals surface area (Å²) in [5, 5.41) is 5.39. The molecule has 3 saturated heterocycles. The van der Waals surface area contributed by atoms with E-state index in [1.807, 2.05) is 36.8 Å². The zero-order chi connectivity index (χ0) is 38.1. The fraction of sp³-hybridized carbons (Fsp3) is 0.450. The highest BCUT2D eigenvalue weighted by Crippen LogP contribution is 2.41. The summed E-state index contributed by atoms with van der Waals surface area (Å²) < 4.78 is 9.50. The van der Waals surface area contributed by atoms with Gasteiger partial charge in [0, 0.05) is 12.6 Å². The molecule has 4 amide bonds. The molecule has 0 spiro atoms. The van der Waals surface area contributed by atoms with Crippen LogP contribution in [0.3, 0.4) is 0 Å². The Morgan fingerprint density at radius 1 is 0.833 bits per heavy atom. The van der Waals surface area contributed by atoms with Gasteiger partial charge in [-0.1, -0.05) is 62.4 Å². The molecule has 3 fully saturated rings. The van der Waals surface area contributed by atoms with Crippen molar-refractivity contribution in [3.05, 3.63) is 72.6 Å². The van der Waals surface area contributed by atoms with Gasteiger partial charge in [-0.2, -0.15) is 0 Å². The van der Waals surface area contributed by atoms with E-state index in [-0.39, 0.29) is 29.8 Å². The number of ether oxygens (including phenoxy) is 2. The number of aromatic nitrogens is 4. The molecule has 5 heterocycles. The summed E-state index contributed by atoms with van der Waals surface area (Å²) in [4.78, 5) is 71.0. The van der Waals surface area contributed by atoms with Crippen molar-refractivity contribution >= 4 is 24.0 Å². The second-order valence-corrected chi connectivity index (χ2v) is 15.0. The number of carbonyl (C=O) groups excluding carboxylic acids is 4. The van der Waals surface area contributed by atoms with Crippen molar-refractivity contribution in [2.45, 2.75) is 89.0 Å². The van der Waals surface area contributed by atoms with Crippen molar-refractivity contribution < 1.29 is 28.7 Å². The predicted molar refractivity (Wildman–Crippen MR) is 201 cm³/mol. The molecule has 0 radical (unpaired) electrons. The topological polar surface area (TPSA) is 175 Å². The lowest BCUT2D eigenvalue weighted by Crippen LogP contribution is -2.55. The minimum Gasteiger partial charge on any atom is -0.453 e. The van der Waals surface area contributed by atoms with Gasteiger partial charge in [0.25, 0.3) is 0 Å². The number of amides is 4. The average Bonchev–Trinajstić information content (AvgIpc) is 4.01. The molecule has 5 atom stereocenters. The van der Waals surface area contributed by atoms with Crippen LogP contribution < -0.4 is 10.6 Å². The molecule has 3 aliphatic rings. The van der Waals surface area contributed by atoms with Crippen LogP contribution in [0.5, 0.6) is 0 Å². The predicted octanol–water partition coefficient (Wildman–Crippen LogP) is 5.90. The monoisotopic (exact) mass is 736 g/mol. The highest BCUT2D eigenvalue weighted by atomic mass is 16.5. The quantitative estimate of drug-likeness (QED) is 0.164. The molecule has 4 aromatic rings. The van der Waals surface area contributed by atoms with E-state index in [0.29, 0.717) is 18.8 Å². The van der Waals surface area contributed by atoms with Crippen LogP contribution in [0.15, 0.2) is 60.9 Å². The number of aromatic amines is 2. The summed E-state index contributed by atoms with van der Waals surface area (Å²) in [6.07, 6.45) is 7.12. The summed E-state index contributed by atoms with van der Waals surface area (Å²) in [6.45, 7) is 6.40. The number of alkyl carbamates (subject to hydrolysis) is 2. The van der Waals surface area contributed by atoms with Crippen LogP contribution in [0.4, 0.5) is 9.59 Å². The molecule has 7 rings (SSSR count). The minimum atomic E-state index is -0.706. The molecule has 2 aromatic carbocycles. The maximum Gasteiger partial charge on any atom is 0.407 e.